The molecule has 1 aliphatic heterocycles. The van der Waals surface area contributed by atoms with E-state index in [4.69, 9.17) is 14.7 Å². The zero-order valence-corrected chi connectivity index (χ0v) is 21.6. The molecule has 0 aliphatic carbocycles. The molecule has 0 fully saturated rings. The number of thioether (sulfide) groups is 1. The summed E-state index contributed by atoms with van der Waals surface area (Å²) in [6.07, 6.45) is 0.638. The molecular weight excluding hydrogens is 472 g/mol. The van der Waals surface area contributed by atoms with E-state index in [0.29, 0.717) is 34.9 Å². The first kappa shape index (κ1) is 24.2. The van der Waals surface area contributed by atoms with E-state index < -0.39 is 5.25 Å². The molecule has 1 N–H and O–H groups in total. The summed E-state index contributed by atoms with van der Waals surface area (Å²) in [6.45, 7) is 8.26. The van der Waals surface area contributed by atoms with E-state index in [9.17, 15) is 9.59 Å². The molecule has 5 rings (SSSR count). The third-order valence-electron chi connectivity index (χ3n) is 6.19. The minimum absolute atomic E-state index is 0.173. The molecule has 184 valence electrons. The van der Waals surface area contributed by atoms with Crippen molar-refractivity contribution in [2.75, 3.05) is 5.32 Å². The molecule has 1 amide bonds. The lowest BCUT2D eigenvalue weighted by molar-refractivity contribution is -0.115. The van der Waals surface area contributed by atoms with Crippen molar-refractivity contribution >= 4 is 34.4 Å². The van der Waals surface area contributed by atoms with Crippen molar-refractivity contribution < 1.29 is 9.53 Å². The van der Waals surface area contributed by atoms with Gasteiger partial charge in [0.25, 0.3) is 5.56 Å². The molecule has 1 atom stereocenters. The Hall–Kier alpha value is -3.49. The molecule has 2 aromatic heterocycles. The van der Waals surface area contributed by atoms with Crippen molar-refractivity contribution in [2.24, 2.45) is 0 Å². The van der Waals surface area contributed by atoms with Gasteiger partial charge < -0.3 is 10.1 Å². The summed E-state index contributed by atoms with van der Waals surface area (Å²) in [5, 5.41) is 3.28. The van der Waals surface area contributed by atoms with Crippen LogP contribution in [0.5, 0.6) is 0 Å². The van der Waals surface area contributed by atoms with Crippen molar-refractivity contribution in [3.05, 3.63) is 87.8 Å². The Kier molecular flexibility index (Phi) is 6.40. The van der Waals surface area contributed by atoms with Gasteiger partial charge in [0.15, 0.2) is 10.8 Å². The summed E-state index contributed by atoms with van der Waals surface area (Å²) in [5.74, 6) is -0.173. The second kappa shape index (κ2) is 9.52. The van der Waals surface area contributed by atoms with Crippen LogP contribution in [0.25, 0.3) is 16.7 Å². The minimum Gasteiger partial charge on any atom is -0.370 e. The average Bonchev–Trinajstić information content (AvgIpc) is 2.84. The summed E-state index contributed by atoms with van der Waals surface area (Å²) in [6, 6.07) is 18.8. The lowest BCUT2D eigenvalue weighted by Crippen LogP contribution is -2.33. The average molecular weight is 501 g/mol. The maximum atomic E-state index is 13.8. The van der Waals surface area contributed by atoms with Crippen LogP contribution in [0.1, 0.15) is 37.6 Å². The van der Waals surface area contributed by atoms with Crippen molar-refractivity contribution in [1.29, 1.82) is 0 Å². The molecule has 8 heteroatoms. The summed E-state index contributed by atoms with van der Waals surface area (Å²) in [7, 11) is 0. The highest BCUT2D eigenvalue weighted by Gasteiger charge is 2.29. The fraction of sp³-hybridized carbons (Fsp3) is 0.286. The first-order chi connectivity index (χ1) is 17.2. The second-order valence-electron chi connectivity index (χ2n) is 9.68. The molecule has 1 aliphatic rings. The Labute approximate surface area is 213 Å². The van der Waals surface area contributed by atoms with Crippen LogP contribution < -0.4 is 10.9 Å². The highest BCUT2D eigenvalue weighted by atomic mass is 32.2. The van der Waals surface area contributed by atoms with Crippen LogP contribution in [-0.2, 0) is 22.6 Å². The minimum atomic E-state index is -0.504. The Morgan fingerprint density at radius 3 is 2.56 bits per heavy atom. The monoisotopic (exact) mass is 500 g/mol. The number of nitrogens with zero attached hydrogens (tertiary/aromatic N) is 3. The largest absolute Gasteiger partial charge is 0.370 e. The number of pyridine rings is 1. The van der Waals surface area contributed by atoms with E-state index in [1.807, 2.05) is 81.4 Å². The number of anilines is 1. The third-order valence-corrected chi connectivity index (χ3v) is 7.25. The van der Waals surface area contributed by atoms with Crippen LogP contribution in [0.2, 0.25) is 0 Å². The second-order valence-corrected chi connectivity index (χ2v) is 11.0. The molecule has 0 saturated heterocycles. The molecular formula is C28H28N4O3S. The summed E-state index contributed by atoms with van der Waals surface area (Å²) >= 11 is 1.24. The van der Waals surface area contributed by atoms with Crippen molar-refractivity contribution in [3.63, 3.8) is 0 Å². The highest BCUT2D eigenvalue weighted by Crippen LogP contribution is 2.30. The van der Waals surface area contributed by atoms with Gasteiger partial charge in [-0.3, -0.25) is 14.2 Å². The van der Waals surface area contributed by atoms with Crippen molar-refractivity contribution in [3.8, 4) is 5.69 Å². The predicted octanol–water partition coefficient (Wildman–Crippen LogP) is 5.06. The van der Waals surface area contributed by atoms with E-state index in [2.05, 4.69) is 5.32 Å². The molecule has 0 unspecified atom stereocenters. The number of aryl methyl sites for hydroxylation is 1. The van der Waals surface area contributed by atoms with Gasteiger partial charge in [-0.2, -0.15) is 0 Å². The van der Waals surface area contributed by atoms with Gasteiger partial charge in [0.05, 0.1) is 34.2 Å². The summed E-state index contributed by atoms with van der Waals surface area (Å²) in [4.78, 5) is 36.4. The van der Waals surface area contributed by atoms with E-state index in [1.54, 1.807) is 11.5 Å². The number of aromatic nitrogens is 3. The van der Waals surface area contributed by atoms with Crippen LogP contribution in [0.3, 0.4) is 0 Å². The lowest BCUT2D eigenvalue weighted by Gasteiger charge is -2.31. The van der Waals surface area contributed by atoms with Crippen molar-refractivity contribution in [1.82, 2.24) is 14.5 Å². The molecule has 0 radical (unpaired) electrons. The third kappa shape index (κ3) is 4.92. The number of carbonyl (C=O) groups is 1. The summed E-state index contributed by atoms with van der Waals surface area (Å²) < 4.78 is 7.51. The molecule has 0 saturated carbocycles. The Morgan fingerprint density at radius 1 is 1.11 bits per heavy atom. The smallest absolute Gasteiger partial charge is 0.268 e. The van der Waals surface area contributed by atoms with Gasteiger partial charge in [0, 0.05) is 17.7 Å². The fourth-order valence-corrected chi connectivity index (χ4v) is 5.07. The Morgan fingerprint density at radius 2 is 1.83 bits per heavy atom. The predicted molar refractivity (Wildman–Crippen MR) is 143 cm³/mol. The first-order valence-electron chi connectivity index (χ1n) is 11.9. The topological polar surface area (TPSA) is 86.1 Å². The number of benzene rings is 2. The number of para-hydroxylation sites is 1. The van der Waals surface area contributed by atoms with Gasteiger partial charge in [-0.1, -0.05) is 47.7 Å². The number of rotatable bonds is 5. The van der Waals surface area contributed by atoms with Gasteiger partial charge in [-0.25, -0.2) is 9.97 Å². The number of carbonyl (C=O) groups excluding carboxylic acids is 1. The first-order valence-corrected chi connectivity index (χ1v) is 12.8. The maximum absolute atomic E-state index is 13.8. The van der Waals surface area contributed by atoms with Crippen molar-refractivity contribution in [2.45, 2.75) is 56.7 Å². The molecule has 0 spiro atoms. The van der Waals surface area contributed by atoms with Gasteiger partial charge in [-0.05, 0) is 58.0 Å². The van der Waals surface area contributed by atoms with Gasteiger partial charge in [-0.15, -0.1) is 0 Å². The van der Waals surface area contributed by atoms with Crippen LogP contribution in [-0.4, -0.2) is 31.3 Å². The van der Waals surface area contributed by atoms with Gasteiger partial charge in [0.1, 0.15) is 0 Å². The SMILES string of the molecule is Cc1ccc(-n2c(S[C@H](C)C(=O)Nc3ccccc3)nc3nc4c(cc3c2=O)COC(C)(C)C4)cc1. The number of hydrogen-bond acceptors (Lipinski definition) is 6. The number of nitrogens with one attached hydrogen (secondary N) is 1. The van der Waals surface area contributed by atoms with E-state index in [1.165, 1.54) is 11.8 Å². The Balaban J connectivity index is 1.59. The maximum Gasteiger partial charge on any atom is 0.268 e. The Bertz CT molecular complexity index is 1500. The quantitative estimate of drug-likeness (QED) is 0.305. The molecule has 4 aromatic rings. The fourth-order valence-electron chi connectivity index (χ4n) is 4.16. The number of hydrogen-bond donors (Lipinski definition) is 1. The van der Waals surface area contributed by atoms with E-state index >= 15 is 0 Å². The number of ether oxygens (including phenoxy) is 1. The zero-order valence-electron chi connectivity index (χ0n) is 20.7. The van der Waals surface area contributed by atoms with Crippen LogP contribution >= 0.6 is 11.8 Å². The molecule has 36 heavy (non-hydrogen) atoms. The molecule has 2 aromatic carbocycles. The van der Waals surface area contributed by atoms with Crippen LogP contribution in [0.4, 0.5) is 5.69 Å². The normalized spacial score (nSPS) is 15.3. The molecule has 3 heterocycles. The van der Waals surface area contributed by atoms with Gasteiger partial charge >= 0.3 is 0 Å². The van der Waals surface area contributed by atoms with E-state index in [0.717, 1.165) is 22.5 Å². The van der Waals surface area contributed by atoms with Gasteiger partial charge in [0.2, 0.25) is 5.91 Å². The lowest BCUT2D eigenvalue weighted by atomic mass is 9.95. The standard InChI is InChI=1S/C28H28N4O3S/c1-17-10-12-21(13-11-17)32-26(34)22-14-19-16-35-28(3,4)15-23(19)30-24(22)31-27(32)36-18(2)25(33)29-20-8-6-5-7-9-20/h5-14,18H,15-16H2,1-4H3,(H,29,33)/t18-/m1/s1. The highest BCUT2D eigenvalue weighted by molar-refractivity contribution is 8.00. The molecule has 7 nitrogen and oxygen atoms in total. The van der Waals surface area contributed by atoms with E-state index in [-0.39, 0.29) is 17.1 Å². The number of fused-ring (bicyclic) bond motifs is 2. The number of amides is 1. The molecule has 0 bridgehead atoms. The van der Waals surface area contributed by atoms with Crippen LogP contribution in [0.15, 0.2) is 70.6 Å². The zero-order chi connectivity index (χ0) is 25.4. The summed E-state index contributed by atoms with van der Waals surface area (Å²) in [5.41, 5.74) is 4.13. The van der Waals surface area contributed by atoms with Crippen LogP contribution in [0, 0.1) is 6.92 Å².